The Balaban J connectivity index is 1.39. The molecule has 1 N–H and O–H groups in total. The fourth-order valence-corrected chi connectivity index (χ4v) is 5.82. The van der Waals surface area contributed by atoms with Gasteiger partial charge in [-0.15, -0.1) is 0 Å². The van der Waals surface area contributed by atoms with Gasteiger partial charge in [-0.05, 0) is 62.3 Å². The van der Waals surface area contributed by atoms with Crippen LogP contribution in [0.4, 0.5) is 0 Å². The molecule has 0 aromatic rings. The lowest BCUT2D eigenvalue weighted by molar-refractivity contribution is -0.0568. The Morgan fingerprint density at radius 1 is 1.12 bits per heavy atom. The normalized spacial score (nSPS) is 37.2. The van der Waals surface area contributed by atoms with Crippen LogP contribution in [0.1, 0.15) is 78.6 Å². The van der Waals surface area contributed by atoms with Gasteiger partial charge in [0.1, 0.15) is 0 Å². The van der Waals surface area contributed by atoms with Crippen molar-refractivity contribution in [3.8, 4) is 0 Å². The van der Waals surface area contributed by atoms with Crippen molar-refractivity contribution in [2.45, 2.75) is 96.8 Å². The van der Waals surface area contributed by atoms with Crippen LogP contribution < -0.4 is 0 Å². The lowest BCUT2D eigenvalue weighted by atomic mass is 9.70. The molecule has 0 aromatic carbocycles. The summed E-state index contributed by atoms with van der Waals surface area (Å²) in [6.45, 7) is 8.80. The fraction of sp³-hybridized carbons (Fsp3) is 1.00. The summed E-state index contributed by atoms with van der Waals surface area (Å²) in [5.74, 6) is 0.829. The molecular weight excluding hydrogens is 298 g/mol. The second-order valence-electron chi connectivity index (χ2n) is 9.64. The van der Waals surface area contributed by atoms with E-state index in [2.05, 4.69) is 32.7 Å². The second kappa shape index (κ2) is 7.25. The summed E-state index contributed by atoms with van der Waals surface area (Å²) in [6.07, 6.45) is 11.5. The van der Waals surface area contributed by atoms with Gasteiger partial charge in [-0.1, -0.05) is 40.0 Å². The van der Waals surface area contributed by atoms with Crippen LogP contribution in [0, 0.1) is 16.7 Å². The number of hydrogen-bond donors (Lipinski definition) is 1. The second-order valence-corrected chi connectivity index (χ2v) is 9.64. The molecule has 140 valence electrons. The van der Waals surface area contributed by atoms with Gasteiger partial charge in [-0.25, -0.2) is 0 Å². The van der Waals surface area contributed by atoms with Crippen LogP contribution in [0.3, 0.4) is 0 Å². The topological polar surface area (TPSA) is 32.7 Å². The van der Waals surface area contributed by atoms with Gasteiger partial charge in [0.15, 0.2) is 0 Å². The maximum Gasteiger partial charge on any atom is 0.0689 e. The molecule has 3 nitrogen and oxygen atoms in total. The zero-order valence-corrected chi connectivity index (χ0v) is 16.4. The zero-order valence-electron chi connectivity index (χ0n) is 16.4. The van der Waals surface area contributed by atoms with Gasteiger partial charge in [-0.2, -0.15) is 0 Å². The number of hydrogen-bond acceptors (Lipinski definition) is 3. The summed E-state index contributed by atoms with van der Waals surface area (Å²) in [7, 11) is 2.18. The lowest BCUT2D eigenvalue weighted by Crippen LogP contribution is -2.40. The summed E-state index contributed by atoms with van der Waals surface area (Å²) in [5.41, 5.74) is 0.749. The van der Waals surface area contributed by atoms with Gasteiger partial charge in [0.25, 0.3) is 0 Å². The predicted molar refractivity (Wildman–Crippen MR) is 99.1 cm³/mol. The Hall–Kier alpha value is -0.120. The first-order valence-electron chi connectivity index (χ1n) is 10.3. The quantitative estimate of drug-likeness (QED) is 0.754. The van der Waals surface area contributed by atoms with Crippen molar-refractivity contribution in [2.24, 2.45) is 16.7 Å². The molecule has 0 aromatic heterocycles. The third-order valence-corrected chi connectivity index (χ3v) is 8.18. The van der Waals surface area contributed by atoms with E-state index < -0.39 is 0 Å². The summed E-state index contributed by atoms with van der Waals surface area (Å²) in [4.78, 5) is 2.38. The number of ether oxygens (including phenoxy) is 1. The average Bonchev–Trinajstić information content (AvgIpc) is 2.89. The molecule has 0 aliphatic heterocycles. The van der Waals surface area contributed by atoms with Gasteiger partial charge in [0.2, 0.25) is 0 Å². The van der Waals surface area contributed by atoms with Crippen LogP contribution in [0.15, 0.2) is 0 Å². The first-order valence-corrected chi connectivity index (χ1v) is 10.3. The Labute approximate surface area is 149 Å². The fourth-order valence-electron chi connectivity index (χ4n) is 5.82. The van der Waals surface area contributed by atoms with E-state index in [0.717, 1.165) is 18.9 Å². The molecule has 3 heteroatoms. The van der Waals surface area contributed by atoms with Gasteiger partial charge >= 0.3 is 0 Å². The molecule has 2 bridgehead atoms. The Morgan fingerprint density at radius 3 is 2.42 bits per heavy atom. The van der Waals surface area contributed by atoms with E-state index in [1.54, 1.807) is 0 Å². The van der Waals surface area contributed by atoms with E-state index >= 15 is 0 Å². The minimum atomic E-state index is -0.253. The van der Waals surface area contributed by atoms with Crippen molar-refractivity contribution in [3.05, 3.63) is 0 Å². The SMILES string of the molecule is CN(C[C@H](O)CCO[C@@H]1C[C@H]2CC[C@@]1(C)C2(C)C)C1CCCCC1. The molecule has 3 saturated carbocycles. The number of aliphatic hydroxyl groups excluding tert-OH is 1. The molecular formula is C21H39NO2. The minimum Gasteiger partial charge on any atom is -0.392 e. The van der Waals surface area contributed by atoms with Crippen LogP contribution in [0.2, 0.25) is 0 Å². The third-order valence-electron chi connectivity index (χ3n) is 8.18. The van der Waals surface area contributed by atoms with Gasteiger partial charge in [0, 0.05) is 19.2 Å². The predicted octanol–water partition coefficient (Wildman–Crippen LogP) is 4.23. The van der Waals surface area contributed by atoms with Crippen molar-refractivity contribution in [1.29, 1.82) is 0 Å². The number of rotatable bonds is 7. The Bertz CT molecular complexity index is 418. The van der Waals surface area contributed by atoms with Crippen LogP contribution in [0.5, 0.6) is 0 Å². The number of aliphatic hydroxyl groups is 1. The molecule has 3 aliphatic carbocycles. The van der Waals surface area contributed by atoms with E-state index in [1.807, 2.05) is 0 Å². The van der Waals surface area contributed by atoms with Crippen molar-refractivity contribution in [1.82, 2.24) is 4.90 Å². The Morgan fingerprint density at radius 2 is 1.83 bits per heavy atom. The standard InChI is InChI=1S/C21H39NO2/c1-20(2)16-10-12-21(20,3)19(14-16)24-13-11-18(23)15-22(4)17-8-6-5-7-9-17/h16-19,23H,5-15H2,1-4H3/t16-,18-,19-,21-/m1/s1. The molecule has 4 atom stereocenters. The van der Waals surface area contributed by atoms with E-state index in [0.29, 0.717) is 29.6 Å². The summed E-state index contributed by atoms with van der Waals surface area (Å²) >= 11 is 0. The Kier molecular flexibility index (Phi) is 5.64. The first kappa shape index (κ1) is 18.7. The monoisotopic (exact) mass is 337 g/mol. The minimum absolute atomic E-state index is 0.253. The van der Waals surface area contributed by atoms with Crippen LogP contribution >= 0.6 is 0 Å². The van der Waals surface area contributed by atoms with E-state index in [9.17, 15) is 5.11 Å². The highest BCUT2D eigenvalue weighted by atomic mass is 16.5. The smallest absolute Gasteiger partial charge is 0.0689 e. The van der Waals surface area contributed by atoms with Crippen LogP contribution in [-0.2, 0) is 4.74 Å². The van der Waals surface area contributed by atoms with Crippen molar-refractivity contribution in [2.75, 3.05) is 20.2 Å². The van der Waals surface area contributed by atoms with E-state index in [4.69, 9.17) is 4.74 Å². The zero-order chi connectivity index (χ0) is 17.4. The van der Waals surface area contributed by atoms with Gasteiger partial charge in [0.05, 0.1) is 12.2 Å². The highest BCUT2D eigenvalue weighted by Gasteiger charge is 2.61. The molecule has 0 heterocycles. The maximum absolute atomic E-state index is 10.4. The number of fused-ring (bicyclic) bond motifs is 2. The largest absolute Gasteiger partial charge is 0.392 e. The summed E-state index contributed by atoms with van der Waals surface area (Å²) < 4.78 is 6.29. The summed E-state index contributed by atoms with van der Waals surface area (Å²) in [5, 5.41) is 10.4. The maximum atomic E-state index is 10.4. The molecule has 3 rings (SSSR count). The summed E-state index contributed by atoms with van der Waals surface area (Å²) in [6, 6.07) is 0.680. The first-order chi connectivity index (χ1) is 11.3. The molecule has 0 saturated heterocycles. The molecule has 0 amide bonds. The third kappa shape index (κ3) is 3.41. The molecule has 0 radical (unpaired) electrons. The van der Waals surface area contributed by atoms with Crippen LogP contribution in [0.25, 0.3) is 0 Å². The average molecular weight is 338 g/mol. The highest BCUT2D eigenvalue weighted by Crippen LogP contribution is 2.66. The van der Waals surface area contributed by atoms with Crippen LogP contribution in [-0.4, -0.2) is 48.5 Å². The molecule has 0 spiro atoms. The molecule has 24 heavy (non-hydrogen) atoms. The van der Waals surface area contributed by atoms with Gasteiger partial charge < -0.3 is 14.7 Å². The molecule has 3 fully saturated rings. The highest BCUT2D eigenvalue weighted by molar-refractivity contribution is 5.11. The molecule has 0 unspecified atom stereocenters. The number of nitrogens with zero attached hydrogens (tertiary/aromatic N) is 1. The van der Waals surface area contributed by atoms with Crippen molar-refractivity contribution >= 4 is 0 Å². The van der Waals surface area contributed by atoms with Gasteiger partial charge in [-0.3, -0.25) is 0 Å². The van der Waals surface area contributed by atoms with E-state index in [1.165, 1.54) is 51.4 Å². The lowest BCUT2D eigenvalue weighted by Gasteiger charge is -2.39. The number of likely N-dealkylation sites (N-methyl/N-ethyl adjacent to an activating group) is 1. The molecule has 3 aliphatic rings. The van der Waals surface area contributed by atoms with Crippen molar-refractivity contribution < 1.29 is 9.84 Å². The van der Waals surface area contributed by atoms with Crippen molar-refractivity contribution in [3.63, 3.8) is 0 Å². The van der Waals surface area contributed by atoms with E-state index in [-0.39, 0.29) is 6.10 Å².